The molecule has 1 aromatic carbocycles. The van der Waals surface area contributed by atoms with E-state index in [0.717, 1.165) is 0 Å². The van der Waals surface area contributed by atoms with E-state index < -0.39 is 35.9 Å². The van der Waals surface area contributed by atoms with Crippen molar-refractivity contribution in [3.05, 3.63) is 24.0 Å². The monoisotopic (exact) mass is 258 g/mol. The molecule has 0 atom stereocenters. The second kappa shape index (κ2) is 3.51. The minimum atomic E-state index is -5.14. The molecule has 0 aromatic heterocycles. The van der Waals surface area contributed by atoms with Crippen molar-refractivity contribution < 1.29 is 29.7 Å². The summed E-state index contributed by atoms with van der Waals surface area (Å²) in [5, 5.41) is 0. The Morgan fingerprint density at radius 1 is 1.13 bits per heavy atom. The largest absolute Gasteiger partial charge is 0.332 e. The summed E-state index contributed by atoms with van der Waals surface area (Å²) in [6.07, 6.45) is 0. The van der Waals surface area contributed by atoms with Crippen molar-refractivity contribution in [2.45, 2.75) is 9.79 Å². The number of hydrogen-bond donors (Lipinski definition) is 1. The van der Waals surface area contributed by atoms with Gasteiger partial charge in [-0.15, -0.1) is 3.89 Å². The van der Waals surface area contributed by atoms with Gasteiger partial charge in [0, 0.05) is 0 Å². The van der Waals surface area contributed by atoms with Crippen LogP contribution in [0.5, 0.6) is 0 Å². The van der Waals surface area contributed by atoms with Gasteiger partial charge in [-0.1, -0.05) is 0 Å². The zero-order valence-corrected chi connectivity index (χ0v) is 8.52. The Balaban J connectivity index is 3.57. The van der Waals surface area contributed by atoms with Crippen molar-refractivity contribution >= 4 is 20.3 Å². The van der Waals surface area contributed by atoms with Gasteiger partial charge in [0.05, 0.1) is 0 Å². The van der Waals surface area contributed by atoms with Crippen LogP contribution < -0.4 is 0 Å². The Bertz CT molecular complexity index is 590. The smallest absolute Gasteiger partial charge is 0.282 e. The highest BCUT2D eigenvalue weighted by molar-refractivity contribution is 7.87. The predicted molar refractivity (Wildman–Crippen MR) is 44.5 cm³/mol. The predicted octanol–water partition coefficient (Wildman–Crippen LogP) is 0.731. The summed E-state index contributed by atoms with van der Waals surface area (Å²) in [5.41, 5.74) is 0. The summed E-state index contributed by atoms with van der Waals surface area (Å²) < 4.78 is 75.4. The van der Waals surface area contributed by atoms with Crippen molar-refractivity contribution in [1.82, 2.24) is 0 Å². The summed E-state index contributed by atoms with van der Waals surface area (Å²) in [4.78, 5) is -2.34. The molecule has 1 N–H and O–H groups in total. The van der Waals surface area contributed by atoms with Crippen LogP contribution in [0.25, 0.3) is 0 Å². The fourth-order valence-electron chi connectivity index (χ4n) is 0.833. The number of rotatable bonds is 2. The fourth-order valence-corrected chi connectivity index (χ4v) is 1.99. The molecular weight excluding hydrogens is 254 g/mol. The molecule has 0 saturated carbocycles. The van der Waals surface area contributed by atoms with Gasteiger partial charge < -0.3 is 0 Å². The van der Waals surface area contributed by atoms with E-state index in [0.29, 0.717) is 12.1 Å². The first-order valence-corrected chi connectivity index (χ1v) is 6.16. The quantitative estimate of drug-likeness (QED) is 0.624. The molecule has 9 heteroatoms. The van der Waals surface area contributed by atoms with Crippen molar-refractivity contribution in [2.24, 2.45) is 0 Å². The van der Waals surface area contributed by atoms with Crippen molar-refractivity contribution in [1.29, 1.82) is 0 Å². The van der Waals surface area contributed by atoms with E-state index in [2.05, 4.69) is 0 Å². The van der Waals surface area contributed by atoms with Crippen LogP contribution >= 0.6 is 0 Å². The Hall–Kier alpha value is -1.06. The molecule has 1 rings (SSSR count). The minimum Gasteiger partial charge on any atom is -0.282 e. The zero-order valence-electron chi connectivity index (χ0n) is 6.88. The Kier molecular flexibility index (Phi) is 2.81. The molecule has 0 radical (unpaired) electrons. The first-order valence-electron chi connectivity index (χ1n) is 3.34. The van der Waals surface area contributed by atoms with Gasteiger partial charge in [-0.25, -0.2) is 4.39 Å². The average Bonchev–Trinajstić information content (AvgIpc) is 2.00. The highest BCUT2D eigenvalue weighted by Crippen LogP contribution is 2.20. The summed E-state index contributed by atoms with van der Waals surface area (Å²) in [6, 6.07) is 1.16. The summed E-state index contributed by atoms with van der Waals surface area (Å²) in [7, 11) is -10.1. The van der Waals surface area contributed by atoms with Gasteiger partial charge in [0.25, 0.3) is 10.1 Å². The maximum Gasteiger partial charge on any atom is 0.332 e. The van der Waals surface area contributed by atoms with Gasteiger partial charge in [-0.2, -0.15) is 16.8 Å². The third-order valence-corrected chi connectivity index (χ3v) is 3.15. The lowest BCUT2D eigenvalue weighted by Gasteiger charge is -2.00. The lowest BCUT2D eigenvalue weighted by atomic mass is 10.3. The SMILES string of the molecule is O=S(=O)(O)c1cc(S(=O)(=O)F)ccc1F. The van der Waals surface area contributed by atoms with Gasteiger partial charge in [-0.05, 0) is 18.2 Å². The number of hydrogen-bond acceptors (Lipinski definition) is 4. The highest BCUT2D eigenvalue weighted by atomic mass is 32.3. The van der Waals surface area contributed by atoms with Crippen LogP contribution in [0.2, 0.25) is 0 Å². The minimum absolute atomic E-state index is 0.194. The molecule has 1 aromatic rings. The topological polar surface area (TPSA) is 88.5 Å². The van der Waals surface area contributed by atoms with Crippen molar-refractivity contribution in [3.8, 4) is 0 Å². The Morgan fingerprint density at radius 3 is 2.07 bits per heavy atom. The Labute approximate surface area is 84.3 Å². The molecule has 0 heterocycles. The van der Waals surface area contributed by atoms with E-state index in [1.165, 1.54) is 0 Å². The van der Waals surface area contributed by atoms with Crippen molar-refractivity contribution in [3.63, 3.8) is 0 Å². The van der Waals surface area contributed by atoms with E-state index in [1.54, 1.807) is 0 Å². The molecule has 0 amide bonds. The van der Waals surface area contributed by atoms with Gasteiger partial charge in [0.1, 0.15) is 15.6 Å². The molecule has 0 bridgehead atoms. The molecule has 0 unspecified atom stereocenters. The third-order valence-electron chi connectivity index (χ3n) is 1.46. The summed E-state index contributed by atoms with van der Waals surface area (Å²) >= 11 is 0. The third kappa shape index (κ3) is 2.70. The van der Waals surface area contributed by atoms with Crippen LogP contribution in [0, 0.1) is 5.82 Å². The normalized spacial score (nSPS) is 12.7. The van der Waals surface area contributed by atoms with E-state index in [9.17, 15) is 25.1 Å². The van der Waals surface area contributed by atoms with Crippen LogP contribution in [0.15, 0.2) is 28.0 Å². The van der Waals surface area contributed by atoms with Gasteiger partial charge >= 0.3 is 10.2 Å². The molecule has 0 fully saturated rings. The molecule has 0 spiro atoms. The number of halogens is 2. The molecule has 84 valence electrons. The van der Waals surface area contributed by atoms with E-state index >= 15 is 0 Å². The van der Waals surface area contributed by atoms with E-state index in [1.807, 2.05) is 0 Å². The number of benzene rings is 1. The van der Waals surface area contributed by atoms with Gasteiger partial charge in [0.2, 0.25) is 0 Å². The molecule has 0 aliphatic carbocycles. The maximum atomic E-state index is 12.8. The average molecular weight is 258 g/mol. The molecule has 5 nitrogen and oxygen atoms in total. The van der Waals surface area contributed by atoms with Crippen molar-refractivity contribution in [2.75, 3.05) is 0 Å². The zero-order chi connectivity index (χ0) is 11.9. The van der Waals surface area contributed by atoms with E-state index in [4.69, 9.17) is 4.55 Å². The van der Waals surface area contributed by atoms with Crippen LogP contribution in [0.3, 0.4) is 0 Å². The fraction of sp³-hybridized carbons (Fsp3) is 0. The standard InChI is InChI=1S/C6H4F2O5S2/c7-5-2-1-4(14(8,9)10)3-6(5)15(11,12)13/h1-3H,(H,11,12,13). The van der Waals surface area contributed by atoms with Gasteiger partial charge in [-0.3, -0.25) is 4.55 Å². The van der Waals surface area contributed by atoms with Crippen LogP contribution in [0.1, 0.15) is 0 Å². The van der Waals surface area contributed by atoms with Crippen LogP contribution in [-0.2, 0) is 20.3 Å². The second-order valence-corrected chi connectivity index (χ2v) is 5.24. The molecule has 0 saturated heterocycles. The Morgan fingerprint density at radius 2 is 1.67 bits per heavy atom. The molecular formula is C6H4F2O5S2. The highest BCUT2D eigenvalue weighted by Gasteiger charge is 2.21. The first-order chi connectivity index (χ1) is 6.62. The van der Waals surface area contributed by atoms with E-state index in [-0.39, 0.29) is 6.07 Å². The first kappa shape index (κ1) is 12.0. The molecule has 0 aliphatic rings. The summed E-state index contributed by atoms with van der Waals surface area (Å²) in [6.45, 7) is 0. The second-order valence-electron chi connectivity index (χ2n) is 2.51. The van der Waals surface area contributed by atoms with Crippen LogP contribution in [0.4, 0.5) is 8.28 Å². The lowest BCUT2D eigenvalue weighted by molar-refractivity contribution is 0.472. The van der Waals surface area contributed by atoms with Crippen LogP contribution in [-0.4, -0.2) is 21.4 Å². The lowest BCUT2D eigenvalue weighted by Crippen LogP contribution is -2.03. The molecule has 15 heavy (non-hydrogen) atoms. The maximum absolute atomic E-state index is 12.8. The van der Waals surface area contributed by atoms with Gasteiger partial charge in [0.15, 0.2) is 0 Å². The summed E-state index contributed by atoms with van der Waals surface area (Å²) in [5.74, 6) is -1.37. The molecule has 0 aliphatic heterocycles.